The summed E-state index contributed by atoms with van der Waals surface area (Å²) in [6, 6.07) is 6.88. The van der Waals surface area contributed by atoms with E-state index in [9.17, 15) is 9.59 Å². The van der Waals surface area contributed by atoms with Crippen LogP contribution in [-0.4, -0.2) is 41.4 Å². The van der Waals surface area contributed by atoms with Crippen LogP contribution in [0.2, 0.25) is 0 Å². The lowest BCUT2D eigenvalue weighted by atomic mass is 9.90. The third-order valence-corrected chi connectivity index (χ3v) is 4.06. The quantitative estimate of drug-likeness (QED) is 0.772. The Balaban J connectivity index is 2.31. The number of hydrogen-bond donors (Lipinski definition) is 0. The average Bonchev–Trinajstić information content (AvgIpc) is 2.77. The maximum Gasteiger partial charge on any atom is 0.420 e. The van der Waals surface area contributed by atoms with Crippen LogP contribution in [0.3, 0.4) is 0 Å². The van der Waals surface area contributed by atoms with Crippen molar-refractivity contribution >= 4 is 12.2 Å². The van der Waals surface area contributed by atoms with Crippen LogP contribution in [-0.2, 0) is 15.9 Å². The van der Waals surface area contributed by atoms with Gasteiger partial charge in [0.1, 0.15) is 11.4 Å². The van der Waals surface area contributed by atoms with Crippen molar-refractivity contribution in [2.75, 3.05) is 7.11 Å². The molecule has 0 aliphatic carbocycles. The van der Waals surface area contributed by atoms with Gasteiger partial charge in [0.2, 0.25) is 0 Å². The lowest BCUT2D eigenvalue weighted by Gasteiger charge is -2.30. The molecule has 0 bridgehead atoms. The molecule has 0 saturated carbocycles. The third-order valence-electron chi connectivity index (χ3n) is 4.06. The molecule has 6 nitrogen and oxygen atoms in total. The minimum atomic E-state index is -0.992. The van der Waals surface area contributed by atoms with E-state index in [1.54, 1.807) is 40.9 Å². The second kappa shape index (κ2) is 6.78. The molecule has 136 valence electrons. The van der Waals surface area contributed by atoms with Crippen molar-refractivity contribution < 1.29 is 23.8 Å². The number of methoxy groups -OCH3 is 1. The van der Waals surface area contributed by atoms with Gasteiger partial charge in [0, 0.05) is 0 Å². The molecular formula is C19H25NO5. The molecule has 1 aliphatic rings. The molecule has 6 heteroatoms. The molecule has 1 aromatic carbocycles. The van der Waals surface area contributed by atoms with Gasteiger partial charge in [-0.2, -0.15) is 0 Å². The zero-order chi connectivity index (χ0) is 18.8. The summed E-state index contributed by atoms with van der Waals surface area (Å²) in [5.74, 6) is 0.734. The summed E-state index contributed by atoms with van der Waals surface area (Å²) in [5.41, 5.74) is -0.769. The molecule has 0 spiro atoms. The van der Waals surface area contributed by atoms with Crippen LogP contribution in [0.1, 0.15) is 33.3 Å². The van der Waals surface area contributed by atoms with Gasteiger partial charge in [-0.1, -0.05) is 18.7 Å². The molecule has 2 atom stereocenters. The van der Waals surface area contributed by atoms with Gasteiger partial charge in [0.25, 0.3) is 0 Å². The van der Waals surface area contributed by atoms with E-state index in [-0.39, 0.29) is 0 Å². The molecule has 0 radical (unpaired) electrons. The lowest BCUT2D eigenvalue weighted by molar-refractivity contribution is 0.0277. The van der Waals surface area contributed by atoms with Gasteiger partial charge >= 0.3 is 12.2 Å². The predicted molar refractivity (Wildman–Crippen MR) is 93.6 cm³/mol. The van der Waals surface area contributed by atoms with Crippen LogP contribution in [0.15, 0.2) is 36.9 Å². The van der Waals surface area contributed by atoms with E-state index >= 15 is 0 Å². The van der Waals surface area contributed by atoms with Gasteiger partial charge in [-0.05, 0) is 57.9 Å². The van der Waals surface area contributed by atoms with Gasteiger partial charge < -0.3 is 14.2 Å². The van der Waals surface area contributed by atoms with E-state index in [1.807, 2.05) is 24.3 Å². The summed E-state index contributed by atoms with van der Waals surface area (Å²) < 4.78 is 15.9. The van der Waals surface area contributed by atoms with E-state index < -0.39 is 29.4 Å². The standard InChI is InChI=1S/C19H25NO5/c1-7-19(5)15(12-13-8-10-14(23-6)11-9-13)20(17(22)25-19)16(21)24-18(2,3)4/h7-11,15H,1,12H2,2-6H3/t15-,19-/m1/s1. The largest absolute Gasteiger partial charge is 0.497 e. The fourth-order valence-electron chi connectivity index (χ4n) is 2.66. The Morgan fingerprint density at radius 2 is 1.96 bits per heavy atom. The summed E-state index contributed by atoms with van der Waals surface area (Å²) in [5, 5.41) is 0. The van der Waals surface area contributed by atoms with Crippen LogP contribution in [0, 0.1) is 0 Å². The number of nitrogens with zero attached hydrogens (tertiary/aromatic N) is 1. The zero-order valence-electron chi connectivity index (χ0n) is 15.4. The number of benzene rings is 1. The molecule has 1 heterocycles. The summed E-state index contributed by atoms with van der Waals surface area (Å²) in [7, 11) is 1.59. The maximum absolute atomic E-state index is 12.5. The second-order valence-electron chi connectivity index (χ2n) is 7.17. The fraction of sp³-hybridized carbons (Fsp3) is 0.474. The zero-order valence-corrected chi connectivity index (χ0v) is 15.4. The molecule has 0 N–H and O–H groups in total. The Labute approximate surface area is 148 Å². The Hall–Kier alpha value is -2.50. The van der Waals surface area contributed by atoms with E-state index in [2.05, 4.69) is 6.58 Å². The molecule has 1 saturated heterocycles. The number of carbonyl (C=O) groups excluding carboxylic acids is 2. The van der Waals surface area contributed by atoms with Gasteiger partial charge in [0.15, 0.2) is 5.60 Å². The van der Waals surface area contributed by atoms with E-state index in [4.69, 9.17) is 14.2 Å². The van der Waals surface area contributed by atoms with Crippen LogP contribution >= 0.6 is 0 Å². The van der Waals surface area contributed by atoms with Gasteiger partial charge in [-0.15, -0.1) is 0 Å². The van der Waals surface area contributed by atoms with Crippen LogP contribution < -0.4 is 4.74 Å². The van der Waals surface area contributed by atoms with Gasteiger partial charge in [-0.25, -0.2) is 14.5 Å². The van der Waals surface area contributed by atoms with E-state index in [1.165, 1.54) is 0 Å². The molecule has 1 aromatic rings. The topological polar surface area (TPSA) is 65.1 Å². The number of carbonyl (C=O) groups is 2. The lowest BCUT2D eigenvalue weighted by Crippen LogP contribution is -2.48. The van der Waals surface area contributed by atoms with Crippen molar-refractivity contribution in [3.8, 4) is 5.75 Å². The molecular weight excluding hydrogens is 322 g/mol. The minimum Gasteiger partial charge on any atom is -0.497 e. The highest BCUT2D eigenvalue weighted by atomic mass is 16.6. The van der Waals surface area contributed by atoms with Gasteiger partial charge in [-0.3, -0.25) is 0 Å². The molecule has 1 fully saturated rings. The Bertz CT molecular complexity index is 661. The first-order chi connectivity index (χ1) is 11.6. The maximum atomic E-state index is 12.5. The first kappa shape index (κ1) is 18.8. The van der Waals surface area contributed by atoms with Crippen molar-refractivity contribution in [3.05, 3.63) is 42.5 Å². The van der Waals surface area contributed by atoms with E-state index in [0.29, 0.717) is 6.42 Å². The Kier molecular flexibility index (Phi) is 5.11. The summed E-state index contributed by atoms with van der Waals surface area (Å²) >= 11 is 0. The number of hydrogen-bond acceptors (Lipinski definition) is 5. The van der Waals surface area contributed by atoms with Crippen molar-refractivity contribution in [3.63, 3.8) is 0 Å². The highest BCUT2D eigenvalue weighted by Crippen LogP contribution is 2.34. The van der Waals surface area contributed by atoms with Crippen molar-refractivity contribution in [1.82, 2.24) is 4.90 Å². The number of amides is 2. The molecule has 0 unspecified atom stereocenters. The molecule has 1 aliphatic heterocycles. The highest BCUT2D eigenvalue weighted by molar-refractivity contribution is 5.90. The summed E-state index contributed by atoms with van der Waals surface area (Å²) in [4.78, 5) is 25.9. The van der Waals surface area contributed by atoms with Crippen LogP contribution in [0.4, 0.5) is 9.59 Å². The van der Waals surface area contributed by atoms with Crippen molar-refractivity contribution in [2.24, 2.45) is 0 Å². The van der Waals surface area contributed by atoms with Gasteiger partial charge in [0.05, 0.1) is 13.2 Å². The summed E-state index contributed by atoms with van der Waals surface area (Å²) in [6.45, 7) is 10.7. The average molecular weight is 347 g/mol. The van der Waals surface area contributed by atoms with E-state index in [0.717, 1.165) is 16.2 Å². The highest BCUT2D eigenvalue weighted by Gasteiger charge is 2.53. The van der Waals surface area contributed by atoms with Crippen molar-refractivity contribution in [2.45, 2.75) is 51.4 Å². The third kappa shape index (κ3) is 4.13. The minimum absolute atomic E-state index is 0.414. The normalized spacial score (nSPS) is 23.2. The SMILES string of the molecule is C=C[C@@]1(C)OC(=O)N(C(=O)OC(C)(C)C)[C@@H]1Cc1ccc(OC)cc1. The molecule has 2 rings (SSSR count). The predicted octanol–water partition coefficient (Wildman–Crippen LogP) is 3.94. The Morgan fingerprint density at radius 3 is 2.44 bits per heavy atom. The molecule has 2 amide bonds. The number of cyclic esters (lactones) is 1. The fourth-order valence-corrected chi connectivity index (χ4v) is 2.66. The number of ether oxygens (including phenoxy) is 3. The molecule has 25 heavy (non-hydrogen) atoms. The first-order valence-electron chi connectivity index (χ1n) is 8.11. The van der Waals surface area contributed by atoms with Crippen molar-refractivity contribution in [1.29, 1.82) is 0 Å². The van der Waals surface area contributed by atoms with Crippen LogP contribution in [0.5, 0.6) is 5.75 Å². The summed E-state index contributed by atoms with van der Waals surface area (Å²) in [6.07, 6.45) is 0.512. The Morgan fingerprint density at radius 1 is 1.36 bits per heavy atom. The number of imide groups is 1. The smallest absolute Gasteiger partial charge is 0.420 e. The monoisotopic (exact) mass is 347 g/mol. The number of rotatable bonds is 4. The van der Waals surface area contributed by atoms with Crippen LogP contribution in [0.25, 0.3) is 0 Å². The first-order valence-corrected chi connectivity index (χ1v) is 8.11. The second-order valence-corrected chi connectivity index (χ2v) is 7.17. The molecule has 0 aromatic heterocycles.